The summed E-state index contributed by atoms with van der Waals surface area (Å²) in [4.78, 5) is 24.5. The molecule has 16 heavy (non-hydrogen) atoms. The molecule has 5 nitrogen and oxygen atoms in total. The second-order valence-corrected chi connectivity index (χ2v) is 4.38. The highest BCUT2D eigenvalue weighted by Gasteiger charge is 2.42. The second kappa shape index (κ2) is 4.25. The molecule has 0 bridgehead atoms. The Hall–Kier alpha value is -1.36. The molecule has 0 unspecified atom stereocenters. The van der Waals surface area contributed by atoms with Crippen LogP contribution in [0.4, 0.5) is 0 Å². The standard InChI is InChI=1S/C11H16N2O3/c12-8-4-2-1-3-7-5-6-9(11(15)16)13(7)10(8)14/h1-2,7-9H,3-6,12H2,(H,15,16)/t7-,8+,9+/m1/s1. The van der Waals surface area contributed by atoms with E-state index in [1.54, 1.807) is 0 Å². The molecule has 0 aromatic carbocycles. The molecule has 2 aliphatic rings. The van der Waals surface area contributed by atoms with Crippen molar-refractivity contribution in [3.05, 3.63) is 12.2 Å². The number of rotatable bonds is 1. The lowest BCUT2D eigenvalue weighted by atomic mass is 10.1. The molecule has 0 radical (unpaired) electrons. The molecule has 1 fully saturated rings. The van der Waals surface area contributed by atoms with Crippen molar-refractivity contribution in [3.63, 3.8) is 0 Å². The van der Waals surface area contributed by atoms with E-state index in [-0.39, 0.29) is 11.9 Å². The van der Waals surface area contributed by atoms with E-state index >= 15 is 0 Å². The maximum atomic E-state index is 12.0. The molecule has 0 saturated carbocycles. The van der Waals surface area contributed by atoms with Crippen LogP contribution in [0.5, 0.6) is 0 Å². The predicted octanol–water partition coefficient (Wildman–Crippen LogP) is 0.108. The highest BCUT2D eigenvalue weighted by atomic mass is 16.4. The van der Waals surface area contributed by atoms with E-state index in [0.29, 0.717) is 12.8 Å². The number of carboxylic acid groups (broad SMARTS) is 1. The Labute approximate surface area is 93.9 Å². The fourth-order valence-electron chi connectivity index (χ4n) is 2.48. The third kappa shape index (κ3) is 1.82. The summed E-state index contributed by atoms with van der Waals surface area (Å²) < 4.78 is 0. The van der Waals surface area contributed by atoms with Crippen LogP contribution < -0.4 is 5.73 Å². The molecule has 0 aliphatic carbocycles. The monoisotopic (exact) mass is 224 g/mol. The average molecular weight is 224 g/mol. The average Bonchev–Trinajstić information content (AvgIpc) is 2.64. The molecule has 2 aliphatic heterocycles. The van der Waals surface area contributed by atoms with Crippen molar-refractivity contribution >= 4 is 11.9 Å². The molecule has 2 heterocycles. The zero-order chi connectivity index (χ0) is 11.7. The number of hydrogen-bond acceptors (Lipinski definition) is 3. The summed E-state index contributed by atoms with van der Waals surface area (Å²) in [6.07, 6.45) is 6.42. The number of fused-ring (bicyclic) bond motifs is 1. The Balaban J connectivity index is 2.26. The van der Waals surface area contributed by atoms with Gasteiger partial charge in [-0.15, -0.1) is 0 Å². The second-order valence-electron chi connectivity index (χ2n) is 4.38. The van der Waals surface area contributed by atoms with Gasteiger partial charge in [-0.1, -0.05) is 12.2 Å². The first-order chi connectivity index (χ1) is 7.61. The van der Waals surface area contributed by atoms with E-state index in [9.17, 15) is 9.59 Å². The normalized spacial score (nSPS) is 34.4. The number of nitrogens with two attached hydrogens (primary N) is 1. The smallest absolute Gasteiger partial charge is 0.326 e. The van der Waals surface area contributed by atoms with E-state index in [0.717, 1.165) is 12.8 Å². The molecule has 1 amide bonds. The zero-order valence-electron chi connectivity index (χ0n) is 9.00. The lowest BCUT2D eigenvalue weighted by molar-refractivity contribution is -0.150. The minimum atomic E-state index is -0.924. The minimum Gasteiger partial charge on any atom is -0.480 e. The van der Waals surface area contributed by atoms with Crippen molar-refractivity contribution in [1.29, 1.82) is 0 Å². The lowest BCUT2D eigenvalue weighted by Gasteiger charge is -2.31. The van der Waals surface area contributed by atoms with E-state index < -0.39 is 18.1 Å². The Morgan fingerprint density at radius 1 is 1.38 bits per heavy atom. The number of hydrogen-bond donors (Lipinski definition) is 2. The maximum Gasteiger partial charge on any atom is 0.326 e. The highest BCUT2D eigenvalue weighted by Crippen LogP contribution is 2.29. The quantitative estimate of drug-likeness (QED) is 0.619. The van der Waals surface area contributed by atoms with Crippen LogP contribution in [0.3, 0.4) is 0 Å². The van der Waals surface area contributed by atoms with Gasteiger partial charge in [0.2, 0.25) is 5.91 Å². The fraction of sp³-hybridized carbons (Fsp3) is 0.636. The van der Waals surface area contributed by atoms with E-state index in [2.05, 4.69) is 0 Å². The highest BCUT2D eigenvalue weighted by molar-refractivity contribution is 5.88. The molecule has 1 saturated heterocycles. The summed E-state index contributed by atoms with van der Waals surface area (Å²) >= 11 is 0. The van der Waals surface area contributed by atoms with Crippen LogP contribution in [0.25, 0.3) is 0 Å². The van der Waals surface area contributed by atoms with Gasteiger partial charge in [-0.05, 0) is 25.7 Å². The number of amides is 1. The fourth-order valence-corrected chi connectivity index (χ4v) is 2.48. The van der Waals surface area contributed by atoms with Crippen molar-refractivity contribution in [2.75, 3.05) is 0 Å². The van der Waals surface area contributed by atoms with Crippen LogP contribution >= 0.6 is 0 Å². The molecule has 3 atom stereocenters. The van der Waals surface area contributed by atoms with Crippen LogP contribution in [-0.2, 0) is 9.59 Å². The summed E-state index contributed by atoms with van der Waals surface area (Å²) in [5.41, 5.74) is 5.73. The van der Waals surface area contributed by atoms with Crippen LogP contribution in [0.15, 0.2) is 12.2 Å². The van der Waals surface area contributed by atoms with Gasteiger partial charge in [0.05, 0.1) is 6.04 Å². The number of nitrogens with zero attached hydrogens (tertiary/aromatic N) is 1. The first kappa shape index (κ1) is 11.1. The van der Waals surface area contributed by atoms with Crippen LogP contribution in [0.1, 0.15) is 25.7 Å². The van der Waals surface area contributed by atoms with E-state index in [1.165, 1.54) is 4.90 Å². The van der Waals surface area contributed by atoms with Gasteiger partial charge in [-0.2, -0.15) is 0 Å². The van der Waals surface area contributed by atoms with Crippen molar-refractivity contribution in [3.8, 4) is 0 Å². The van der Waals surface area contributed by atoms with Gasteiger partial charge >= 0.3 is 5.97 Å². The molecule has 2 rings (SSSR count). The molecular weight excluding hydrogens is 208 g/mol. The number of carbonyl (C=O) groups is 2. The third-order valence-electron chi connectivity index (χ3n) is 3.32. The van der Waals surface area contributed by atoms with Crippen LogP contribution in [-0.4, -0.2) is 40.0 Å². The van der Waals surface area contributed by atoms with Gasteiger partial charge in [0, 0.05) is 6.04 Å². The summed E-state index contributed by atoms with van der Waals surface area (Å²) in [5, 5.41) is 9.07. The van der Waals surface area contributed by atoms with Gasteiger partial charge in [-0.3, -0.25) is 4.79 Å². The summed E-state index contributed by atoms with van der Waals surface area (Å²) in [5.74, 6) is -1.15. The van der Waals surface area contributed by atoms with Crippen LogP contribution in [0.2, 0.25) is 0 Å². The number of carboxylic acids is 1. The van der Waals surface area contributed by atoms with Gasteiger partial charge in [0.1, 0.15) is 6.04 Å². The Kier molecular flexibility index (Phi) is 2.96. The van der Waals surface area contributed by atoms with E-state index in [4.69, 9.17) is 10.8 Å². The molecule has 0 aromatic rings. The predicted molar refractivity (Wildman–Crippen MR) is 57.6 cm³/mol. The number of carbonyl (C=O) groups excluding carboxylic acids is 1. The summed E-state index contributed by atoms with van der Waals surface area (Å²) in [6, 6.07) is -1.27. The van der Waals surface area contributed by atoms with Crippen LogP contribution in [0, 0.1) is 0 Å². The summed E-state index contributed by atoms with van der Waals surface area (Å²) in [7, 11) is 0. The van der Waals surface area contributed by atoms with E-state index in [1.807, 2.05) is 12.2 Å². The van der Waals surface area contributed by atoms with Crippen molar-refractivity contribution < 1.29 is 14.7 Å². The maximum absolute atomic E-state index is 12.0. The minimum absolute atomic E-state index is 0.0104. The zero-order valence-corrected chi connectivity index (χ0v) is 9.00. The Morgan fingerprint density at radius 2 is 2.06 bits per heavy atom. The molecule has 5 heteroatoms. The SMILES string of the molecule is N[C@H]1CC=CC[C@@H]2CC[C@@H](C(=O)O)N2C1=O. The number of aliphatic carboxylic acids is 1. The van der Waals surface area contributed by atoms with Gasteiger partial charge < -0.3 is 15.7 Å². The molecular formula is C11H16N2O3. The first-order valence-corrected chi connectivity index (χ1v) is 5.57. The van der Waals surface area contributed by atoms with Crippen molar-refractivity contribution in [1.82, 2.24) is 4.90 Å². The van der Waals surface area contributed by atoms with Gasteiger partial charge in [0.25, 0.3) is 0 Å². The van der Waals surface area contributed by atoms with Crippen molar-refractivity contribution in [2.24, 2.45) is 5.73 Å². The Bertz CT molecular complexity index is 340. The Morgan fingerprint density at radius 3 is 2.75 bits per heavy atom. The lowest BCUT2D eigenvalue weighted by Crippen LogP contribution is -2.52. The first-order valence-electron chi connectivity index (χ1n) is 5.57. The molecule has 0 spiro atoms. The molecule has 88 valence electrons. The summed E-state index contributed by atoms with van der Waals surface area (Å²) in [6.45, 7) is 0. The molecule has 0 aromatic heterocycles. The van der Waals surface area contributed by atoms with Gasteiger partial charge in [0.15, 0.2) is 0 Å². The van der Waals surface area contributed by atoms with Crippen molar-refractivity contribution in [2.45, 2.75) is 43.8 Å². The molecule has 3 N–H and O–H groups in total. The topological polar surface area (TPSA) is 83.6 Å². The third-order valence-corrected chi connectivity index (χ3v) is 3.32. The van der Waals surface area contributed by atoms with Gasteiger partial charge in [-0.25, -0.2) is 4.79 Å². The largest absolute Gasteiger partial charge is 0.480 e.